The molecular weight excluding hydrogens is 338 g/mol. The molecule has 3 heterocycles. The Hall–Kier alpha value is -2.47. The van der Waals surface area contributed by atoms with Crippen molar-refractivity contribution in [2.75, 3.05) is 37.6 Å². The average molecular weight is 365 g/mol. The number of carbonyl (C=O) groups excluding carboxylic acids is 1. The van der Waals surface area contributed by atoms with Gasteiger partial charge in [-0.3, -0.25) is 4.79 Å². The summed E-state index contributed by atoms with van der Waals surface area (Å²) < 4.78 is 0. The van der Waals surface area contributed by atoms with E-state index in [1.165, 1.54) is 11.1 Å². The molecule has 2 aliphatic heterocycles. The number of piperazine rings is 1. The van der Waals surface area contributed by atoms with Gasteiger partial charge in [0.15, 0.2) is 0 Å². The molecule has 6 heteroatoms. The van der Waals surface area contributed by atoms with Crippen molar-refractivity contribution in [1.29, 1.82) is 0 Å². The summed E-state index contributed by atoms with van der Waals surface area (Å²) in [5.41, 5.74) is 2.97. The van der Waals surface area contributed by atoms with Crippen molar-refractivity contribution < 1.29 is 4.79 Å². The van der Waals surface area contributed by atoms with Gasteiger partial charge in [-0.1, -0.05) is 31.2 Å². The zero-order valence-corrected chi connectivity index (χ0v) is 15.9. The number of nitrogens with one attached hydrogen (secondary N) is 1. The largest absolute Gasteiger partial charge is 0.341 e. The van der Waals surface area contributed by atoms with E-state index in [0.717, 1.165) is 45.4 Å². The summed E-state index contributed by atoms with van der Waals surface area (Å²) in [5.74, 6) is 0.668. The summed E-state index contributed by atoms with van der Waals surface area (Å²) in [4.78, 5) is 26.3. The van der Waals surface area contributed by atoms with E-state index >= 15 is 0 Å². The minimum atomic E-state index is -0.0103. The van der Waals surface area contributed by atoms with E-state index in [-0.39, 0.29) is 11.9 Å². The summed E-state index contributed by atoms with van der Waals surface area (Å²) in [6, 6.07) is 10.4. The topological polar surface area (TPSA) is 61.4 Å². The molecule has 2 aromatic rings. The lowest BCUT2D eigenvalue weighted by Crippen LogP contribution is -2.49. The molecule has 2 fully saturated rings. The highest BCUT2D eigenvalue weighted by Gasteiger charge is 2.30. The van der Waals surface area contributed by atoms with Gasteiger partial charge in [0.1, 0.15) is 5.69 Å². The molecule has 1 amide bonds. The molecule has 142 valence electrons. The molecule has 1 unspecified atom stereocenters. The maximum absolute atomic E-state index is 13.3. The Labute approximate surface area is 160 Å². The standard InChI is InChI=1S/C21H27N5O/c1-2-16-5-7-17(8-6-16)19-15-22-11-14-26(19)20(27)18-9-10-23-21(24-18)25-12-3-4-13-25/h5-10,19,22H,2-4,11-15H2,1H3. The number of aromatic nitrogens is 2. The first-order chi connectivity index (χ1) is 13.3. The second-order valence-electron chi connectivity index (χ2n) is 7.25. The fourth-order valence-corrected chi connectivity index (χ4v) is 3.90. The first-order valence-corrected chi connectivity index (χ1v) is 9.95. The van der Waals surface area contributed by atoms with E-state index in [1.807, 2.05) is 4.90 Å². The minimum Gasteiger partial charge on any atom is -0.341 e. The molecule has 2 saturated heterocycles. The van der Waals surface area contributed by atoms with Crippen molar-refractivity contribution >= 4 is 11.9 Å². The molecule has 0 radical (unpaired) electrons. The quantitative estimate of drug-likeness (QED) is 0.902. The van der Waals surface area contributed by atoms with Gasteiger partial charge in [-0.25, -0.2) is 9.97 Å². The van der Waals surface area contributed by atoms with Crippen LogP contribution in [0.1, 0.15) is 47.4 Å². The third kappa shape index (κ3) is 3.81. The maximum atomic E-state index is 13.3. The van der Waals surface area contributed by atoms with Crippen LogP contribution in [0.15, 0.2) is 36.5 Å². The van der Waals surface area contributed by atoms with Crippen molar-refractivity contribution in [2.24, 2.45) is 0 Å². The lowest BCUT2D eigenvalue weighted by atomic mass is 10.0. The van der Waals surface area contributed by atoms with Gasteiger partial charge in [-0.05, 0) is 36.5 Å². The molecule has 6 nitrogen and oxygen atoms in total. The van der Waals surface area contributed by atoms with Gasteiger partial charge in [-0.2, -0.15) is 0 Å². The zero-order valence-electron chi connectivity index (χ0n) is 15.9. The molecule has 1 atom stereocenters. The van der Waals surface area contributed by atoms with Crippen molar-refractivity contribution in [2.45, 2.75) is 32.2 Å². The third-order valence-corrected chi connectivity index (χ3v) is 5.53. The number of aryl methyl sites for hydroxylation is 1. The number of rotatable bonds is 4. The summed E-state index contributed by atoms with van der Waals surface area (Å²) in [6.07, 6.45) is 5.05. The predicted octanol–water partition coefficient (Wildman–Crippen LogP) is 2.43. The van der Waals surface area contributed by atoms with E-state index in [4.69, 9.17) is 0 Å². The lowest BCUT2D eigenvalue weighted by molar-refractivity contribution is 0.0628. The smallest absolute Gasteiger partial charge is 0.273 e. The van der Waals surface area contributed by atoms with E-state index < -0.39 is 0 Å². The highest BCUT2D eigenvalue weighted by atomic mass is 16.2. The molecule has 1 aromatic heterocycles. The molecular formula is C21H27N5O. The van der Waals surface area contributed by atoms with Gasteiger partial charge in [0.2, 0.25) is 5.95 Å². The maximum Gasteiger partial charge on any atom is 0.273 e. The molecule has 0 saturated carbocycles. The Bertz CT molecular complexity index is 785. The first kappa shape index (κ1) is 17.9. The highest BCUT2D eigenvalue weighted by molar-refractivity contribution is 5.93. The first-order valence-electron chi connectivity index (χ1n) is 9.95. The van der Waals surface area contributed by atoms with Crippen molar-refractivity contribution in [1.82, 2.24) is 20.2 Å². The number of amides is 1. The Morgan fingerprint density at radius 1 is 1.15 bits per heavy atom. The summed E-state index contributed by atoms with van der Waals surface area (Å²) in [6.45, 7) is 6.35. The van der Waals surface area contributed by atoms with E-state index in [9.17, 15) is 4.79 Å². The fraction of sp³-hybridized carbons (Fsp3) is 0.476. The Kier molecular flexibility index (Phi) is 5.34. The van der Waals surface area contributed by atoms with Crippen molar-refractivity contribution in [3.8, 4) is 0 Å². The molecule has 1 N–H and O–H groups in total. The molecule has 4 rings (SSSR count). The Balaban J connectivity index is 1.57. The van der Waals surface area contributed by atoms with Gasteiger partial charge >= 0.3 is 0 Å². The number of anilines is 1. The van der Waals surface area contributed by atoms with Crippen LogP contribution < -0.4 is 10.2 Å². The second kappa shape index (κ2) is 8.05. The van der Waals surface area contributed by atoms with Crippen LogP contribution in [0.2, 0.25) is 0 Å². The van der Waals surface area contributed by atoms with Crippen LogP contribution >= 0.6 is 0 Å². The summed E-state index contributed by atoms with van der Waals surface area (Å²) in [5, 5.41) is 3.42. The van der Waals surface area contributed by atoms with E-state index in [0.29, 0.717) is 18.2 Å². The third-order valence-electron chi connectivity index (χ3n) is 5.53. The van der Waals surface area contributed by atoms with Crippen LogP contribution in [0.3, 0.4) is 0 Å². The van der Waals surface area contributed by atoms with Crippen LogP contribution in [-0.2, 0) is 6.42 Å². The SMILES string of the molecule is CCc1ccc(C2CNCCN2C(=O)c2ccnc(N3CCCC3)n2)cc1. The van der Waals surface area contributed by atoms with Gasteiger partial charge < -0.3 is 15.1 Å². The molecule has 2 aliphatic rings. The Morgan fingerprint density at radius 3 is 2.67 bits per heavy atom. The fourth-order valence-electron chi connectivity index (χ4n) is 3.90. The molecule has 27 heavy (non-hydrogen) atoms. The minimum absolute atomic E-state index is 0.0103. The van der Waals surface area contributed by atoms with Gasteiger partial charge in [0.05, 0.1) is 6.04 Å². The average Bonchev–Trinajstić information content (AvgIpc) is 3.28. The summed E-state index contributed by atoms with van der Waals surface area (Å²) in [7, 11) is 0. The monoisotopic (exact) mass is 365 g/mol. The highest BCUT2D eigenvalue weighted by Crippen LogP contribution is 2.25. The van der Waals surface area contributed by atoms with Gasteiger partial charge in [0, 0.05) is 38.9 Å². The van der Waals surface area contributed by atoms with Crippen LogP contribution in [0.5, 0.6) is 0 Å². The number of nitrogens with zero attached hydrogens (tertiary/aromatic N) is 4. The molecule has 0 aliphatic carbocycles. The predicted molar refractivity (Wildman–Crippen MR) is 106 cm³/mol. The molecule has 0 spiro atoms. The van der Waals surface area contributed by atoms with E-state index in [2.05, 4.69) is 51.4 Å². The number of carbonyl (C=O) groups is 1. The normalized spacial score (nSPS) is 20.1. The van der Waals surface area contributed by atoms with Crippen LogP contribution in [-0.4, -0.2) is 53.5 Å². The lowest BCUT2D eigenvalue weighted by Gasteiger charge is -2.36. The Morgan fingerprint density at radius 2 is 1.93 bits per heavy atom. The zero-order chi connectivity index (χ0) is 18.6. The van der Waals surface area contributed by atoms with Gasteiger partial charge in [-0.15, -0.1) is 0 Å². The number of hydrogen-bond donors (Lipinski definition) is 1. The second-order valence-corrected chi connectivity index (χ2v) is 7.25. The van der Waals surface area contributed by atoms with Crippen molar-refractivity contribution in [3.63, 3.8) is 0 Å². The van der Waals surface area contributed by atoms with Crippen LogP contribution in [0.25, 0.3) is 0 Å². The van der Waals surface area contributed by atoms with E-state index in [1.54, 1.807) is 12.3 Å². The van der Waals surface area contributed by atoms with Crippen molar-refractivity contribution in [3.05, 3.63) is 53.3 Å². The molecule has 1 aromatic carbocycles. The number of benzene rings is 1. The molecule has 0 bridgehead atoms. The van der Waals surface area contributed by atoms with Gasteiger partial charge in [0.25, 0.3) is 5.91 Å². The van der Waals surface area contributed by atoms with Crippen LogP contribution in [0.4, 0.5) is 5.95 Å². The summed E-state index contributed by atoms with van der Waals surface area (Å²) >= 11 is 0. The van der Waals surface area contributed by atoms with Crippen LogP contribution in [0, 0.1) is 0 Å². The number of hydrogen-bond acceptors (Lipinski definition) is 5.